The van der Waals surface area contributed by atoms with Gasteiger partial charge >= 0.3 is 0 Å². The van der Waals surface area contributed by atoms with E-state index in [2.05, 4.69) is 39.6 Å². The van der Waals surface area contributed by atoms with Gasteiger partial charge in [0.1, 0.15) is 0 Å². The van der Waals surface area contributed by atoms with Gasteiger partial charge in [-0.25, -0.2) is 0 Å². The highest BCUT2D eigenvalue weighted by Gasteiger charge is 2.10. The smallest absolute Gasteiger partial charge is 0.236 e. The molecule has 0 fully saturated rings. The van der Waals surface area contributed by atoms with E-state index >= 15 is 0 Å². The molecule has 0 aromatic carbocycles. The molecule has 1 heterocycles. The zero-order valence-corrected chi connectivity index (χ0v) is 11.5. The minimum Gasteiger partial charge on any atom is -0.358 e. The average molecular weight is 291 g/mol. The molecule has 0 radical (unpaired) electrons. The van der Waals surface area contributed by atoms with Gasteiger partial charge < -0.3 is 10.6 Å². The normalized spacial score (nSPS) is 12.5. The molecule has 0 bridgehead atoms. The number of halogens is 1. The zero-order valence-electron chi connectivity index (χ0n) is 9.06. The van der Waals surface area contributed by atoms with Crippen LogP contribution < -0.4 is 10.6 Å². The van der Waals surface area contributed by atoms with Gasteiger partial charge in [0.05, 0.1) is 6.04 Å². The minimum absolute atomic E-state index is 0.0161. The minimum atomic E-state index is -0.156. The van der Waals surface area contributed by atoms with E-state index in [0.717, 1.165) is 11.0 Å². The van der Waals surface area contributed by atoms with E-state index in [-0.39, 0.29) is 11.9 Å². The second-order valence-corrected chi connectivity index (χ2v) is 5.53. The lowest BCUT2D eigenvalue weighted by Gasteiger charge is -2.10. The van der Waals surface area contributed by atoms with Crippen molar-refractivity contribution in [3.05, 3.63) is 20.3 Å². The third kappa shape index (κ3) is 3.59. The van der Waals surface area contributed by atoms with Crippen molar-refractivity contribution >= 4 is 33.2 Å². The predicted octanol–water partition coefficient (Wildman–Crippen LogP) is 2.04. The molecule has 1 aromatic rings. The van der Waals surface area contributed by atoms with E-state index in [1.807, 2.05) is 6.92 Å². The van der Waals surface area contributed by atoms with Crippen LogP contribution in [0.15, 0.2) is 10.5 Å². The van der Waals surface area contributed by atoms with Gasteiger partial charge in [-0.15, -0.1) is 11.3 Å². The number of nitrogens with one attached hydrogen (secondary N) is 2. The topological polar surface area (TPSA) is 41.1 Å². The molecule has 0 aliphatic heterocycles. The van der Waals surface area contributed by atoms with Crippen LogP contribution in [0.3, 0.4) is 0 Å². The van der Waals surface area contributed by atoms with Crippen LogP contribution in [0.1, 0.15) is 16.7 Å². The van der Waals surface area contributed by atoms with Crippen LogP contribution >= 0.6 is 27.3 Å². The Morgan fingerprint density at radius 1 is 1.67 bits per heavy atom. The highest BCUT2D eigenvalue weighted by Crippen LogP contribution is 2.26. The third-order valence-electron chi connectivity index (χ3n) is 2.13. The summed E-state index contributed by atoms with van der Waals surface area (Å²) in [5.74, 6) is 0.0161. The highest BCUT2D eigenvalue weighted by atomic mass is 79.9. The summed E-state index contributed by atoms with van der Waals surface area (Å²) in [4.78, 5) is 13.7. The lowest BCUT2D eigenvalue weighted by Crippen LogP contribution is -2.40. The van der Waals surface area contributed by atoms with Crippen LogP contribution in [0.2, 0.25) is 0 Å². The number of aryl methyl sites for hydroxylation is 1. The van der Waals surface area contributed by atoms with Gasteiger partial charge in [0.25, 0.3) is 0 Å². The molecule has 84 valence electrons. The molecule has 1 aromatic heterocycles. The zero-order chi connectivity index (χ0) is 11.4. The second kappa shape index (κ2) is 5.63. The summed E-state index contributed by atoms with van der Waals surface area (Å²) in [6.45, 7) is 4.65. The number of carbonyl (C=O) groups is 1. The Morgan fingerprint density at radius 2 is 2.33 bits per heavy atom. The fourth-order valence-electron chi connectivity index (χ4n) is 1.17. The molecule has 3 nitrogen and oxygen atoms in total. The summed E-state index contributed by atoms with van der Waals surface area (Å²) >= 11 is 5.20. The van der Waals surface area contributed by atoms with Crippen molar-refractivity contribution < 1.29 is 4.79 Å². The Kier molecular flexibility index (Phi) is 4.76. The number of likely N-dealkylation sites (N-methyl/N-ethyl adjacent to an activating group) is 1. The molecule has 1 amide bonds. The van der Waals surface area contributed by atoms with Gasteiger partial charge in [0.2, 0.25) is 5.91 Å². The van der Waals surface area contributed by atoms with Crippen LogP contribution in [0.5, 0.6) is 0 Å². The molecule has 2 N–H and O–H groups in total. The summed E-state index contributed by atoms with van der Waals surface area (Å²) in [6.07, 6.45) is 0. The van der Waals surface area contributed by atoms with Gasteiger partial charge in [-0.1, -0.05) is 0 Å². The second-order valence-electron chi connectivity index (χ2n) is 3.33. The highest BCUT2D eigenvalue weighted by molar-refractivity contribution is 9.10. The first kappa shape index (κ1) is 12.7. The maximum Gasteiger partial charge on any atom is 0.236 e. The first-order valence-corrected chi connectivity index (χ1v) is 6.35. The predicted molar refractivity (Wildman–Crippen MR) is 67.1 cm³/mol. The van der Waals surface area contributed by atoms with Crippen LogP contribution in [0, 0.1) is 6.92 Å². The number of hydrogen-bond acceptors (Lipinski definition) is 3. The van der Waals surface area contributed by atoms with Crippen molar-refractivity contribution in [3.8, 4) is 0 Å². The molecule has 0 saturated heterocycles. The van der Waals surface area contributed by atoms with Gasteiger partial charge in [-0.05, 0) is 35.8 Å². The van der Waals surface area contributed by atoms with Gasteiger partial charge in [0.15, 0.2) is 0 Å². The van der Waals surface area contributed by atoms with E-state index in [1.54, 1.807) is 18.4 Å². The SMILES string of the molecule is CNC(=O)C(C)NCc1cc(Br)c(C)s1. The van der Waals surface area contributed by atoms with Crippen molar-refractivity contribution in [1.82, 2.24) is 10.6 Å². The first-order chi connectivity index (χ1) is 7.04. The fraction of sp³-hybridized carbons (Fsp3) is 0.500. The fourth-order valence-corrected chi connectivity index (χ4v) is 2.72. The van der Waals surface area contributed by atoms with Gasteiger partial charge in [-0.2, -0.15) is 0 Å². The maximum absolute atomic E-state index is 11.2. The average Bonchev–Trinajstić information content (AvgIpc) is 2.54. The van der Waals surface area contributed by atoms with E-state index < -0.39 is 0 Å². The third-order valence-corrected chi connectivity index (χ3v) is 4.27. The van der Waals surface area contributed by atoms with Crippen molar-refractivity contribution in [2.45, 2.75) is 26.4 Å². The Bertz CT molecular complexity index is 332. The lowest BCUT2D eigenvalue weighted by molar-refractivity contribution is -0.122. The van der Waals surface area contributed by atoms with Crippen molar-refractivity contribution in [2.24, 2.45) is 0 Å². The lowest BCUT2D eigenvalue weighted by atomic mass is 10.3. The van der Waals surface area contributed by atoms with E-state index in [9.17, 15) is 4.79 Å². The molecule has 0 aliphatic carbocycles. The van der Waals surface area contributed by atoms with E-state index in [0.29, 0.717) is 0 Å². The summed E-state index contributed by atoms with van der Waals surface area (Å²) < 4.78 is 1.14. The van der Waals surface area contributed by atoms with Crippen LogP contribution in [0.25, 0.3) is 0 Å². The Labute approximate surface area is 102 Å². The number of rotatable bonds is 4. The molecular formula is C10H15BrN2OS. The quantitative estimate of drug-likeness (QED) is 0.891. The monoisotopic (exact) mass is 290 g/mol. The molecule has 0 saturated carbocycles. The first-order valence-electron chi connectivity index (χ1n) is 4.74. The van der Waals surface area contributed by atoms with Crippen LogP contribution in [-0.2, 0) is 11.3 Å². The van der Waals surface area contributed by atoms with Crippen LogP contribution in [-0.4, -0.2) is 19.0 Å². The Balaban J connectivity index is 2.47. The standard InChI is InChI=1S/C10H15BrN2OS/c1-6(10(14)12-3)13-5-8-4-9(11)7(2)15-8/h4,6,13H,5H2,1-3H3,(H,12,14). The number of amides is 1. The molecule has 1 rings (SSSR count). The Hall–Kier alpha value is -0.390. The van der Waals surface area contributed by atoms with E-state index in [4.69, 9.17) is 0 Å². The molecule has 1 atom stereocenters. The largest absolute Gasteiger partial charge is 0.358 e. The number of hydrogen-bond donors (Lipinski definition) is 2. The molecule has 1 unspecified atom stereocenters. The maximum atomic E-state index is 11.2. The van der Waals surface area contributed by atoms with Crippen molar-refractivity contribution in [3.63, 3.8) is 0 Å². The summed E-state index contributed by atoms with van der Waals surface area (Å²) in [7, 11) is 1.65. The molecule has 5 heteroatoms. The Morgan fingerprint density at radius 3 is 2.80 bits per heavy atom. The number of thiophene rings is 1. The molecular weight excluding hydrogens is 276 g/mol. The summed E-state index contributed by atoms with van der Waals surface area (Å²) in [5.41, 5.74) is 0. The number of carbonyl (C=O) groups excluding carboxylic acids is 1. The van der Waals surface area contributed by atoms with Crippen molar-refractivity contribution in [1.29, 1.82) is 0 Å². The summed E-state index contributed by atoms with van der Waals surface area (Å²) in [5, 5.41) is 5.78. The van der Waals surface area contributed by atoms with Gasteiger partial charge in [-0.3, -0.25) is 4.79 Å². The van der Waals surface area contributed by atoms with Crippen LogP contribution in [0.4, 0.5) is 0 Å². The molecule has 15 heavy (non-hydrogen) atoms. The summed E-state index contributed by atoms with van der Waals surface area (Å²) in [6, 6.07) is 1.93. The van der Waals surface area contributed by atoms with Gasteiger partial charge in [0, 0.05) is 27.8 Å². The van der Waals surface area contributed by atoms with Crippen molar-refractivity contribution in [2.75, 3.05) is 7.05 Å². The molecule has 0 spiro atoms. The molecule has 0 aliphatic rings. The van der Waals surface area contributed by atoms with E-state index in [1.165, 1.54) is 9.75 Å².